The van der Waals surface area contributed by atoms with E-state index in [1.165, 1.54) is 18.2 Å². The molecule has 1 aromatic carbocycles. The third-order valence-corrected chi connectivity index (χ3v) is 7.25. The van der Waals surface area contributed by atoms with Gasteiger partial charge in [0.15, 0.2) is 5.78 Å². The molecule has 4 N–H and O–H groups in total. The van der Waals surface area contributed by atoms with Crippen molar-refractivity contribution in [2.24, 2.45) is 23.5 Å². The molecule has 0 spiro atoms. The standard InChI is InChI=1S/C26H30F3N3O4/c27-26(28,29)18-5-3-6-19-17(18)13-20(31-19)23(34)12-16(10-14-8-9-14)25(36)32-21(24(30)35)11-15-4-1-2-7-22(15)33/h3,5-6,13-16,21,31H,1-2,4,7-12H2,(H2,30,35)(H,32,36)/t15-,16+,21-/m0/s1. The fourth-order valence-electron chi connectivity index (χ4n) is 5.05. The fraction of sp³-hybridized carbons (Fsp3) is 0.538. The Balaban J connectivity index is 1.48. The van der Waals surface area contributed by atoms with Crippen LogP contribution in [0.2, 0.25) is 0 Å². The second-order valence-corrected chi connectivity index (χ2v) is 10.1. The number of aromatic nitrogens is 1. The molecule has 10 heteroatoms. The molecular formula is C26H30F3N3O4. The van der Waals surface area contributed by atoms with Gasteiger partial charge in [0.25, 0.3) is 0 Å². The van der Waals surface area contributed by atoms with Gasteiger partial charge in [0, 0.05) is 35.6 Å². The van der Waals surface area contributed by atoms with Crippen LogP contribution in [0, 0.1) is 17.8 Å². The number of nitrogens with one attached hydrogen (secondary N) is 2. The van der Waals surface area contributed by atoms with Gasteiger partial charge < -0.3 is 16.0 Å². The number of amides is 2. The molecule has 194 valence electrons. The Morgan fingerprint density at radius 1 is 1.11 bits per heavy atom. The summed E-state index contributed by atoms with van der Waals surface area (Å²) in [6.07, 6.45) is 0.397. The van der Waals surface area contributed by atoms with Gasteiger partial charge in [-0.15, -0.1) is 0 Å². The molecule has 2 saturated carbocycles. The van der Waals surface area contributed by atoms with Crippen molar-refractivity contribution in [2.45, 2.75) is 70.0 Å². The van der Waals surface area contributed by atoms with Gasteiger partial charge in [-0.1, -0.05) is 25.3 Å². The first-order chi connectivity index (χ1) is 17.0. The number of nitrogens with two attached hydrogens (primary N) is 1. The largest absolute Gasteiger partial charge is 0.417 e. The predicted octanol–water partition coefficient (Wildman–Crippen LogP) is 4.30. The first-order valence-corrected chi connectivity index (χ1v) is 12.4. The highest BCUT2D eigenvalue weighted by Crippen LogP contribution is 2.38. The molecule has 2 aliphatic carbocycles. The Hall–Kier alpha value is -3.17. The lowest BCUT2D eigenvalue weighted by atomic mass is 9.83. The minimum Gasteiger partial charge on any atom is -0.368 e. The molecule has 4 rings (SSSR count). The first-order valence-electron chi connectivity index (χ1n) is 12.4. The summed E-state index contributed by atoms with van der Waals surface area (Å²) in [5, 5.41) is 2.54. The van der Waals surface area contributed by atoms with Crippen molar-refractivity contribution in [3.8, 4) is 0 Å². The molecule has 2 amide bonds. The molecule has 1 aromatic heterocycles. The summed E-state index contributed by atoms with van der Waals surface area (Å²) in [6.45, 7) is 0. The van der Waals surface area contributed by atoms with Crippen molar-refractivity contribution in [1.82, 2.24) is 10.3 Å². The second kappa shape index (κ2) is 10.4. The number of ketones is 2. The van der Waals surface area contributed by atoms with Crippen molar-refractivity contribution in [1.29, 1.82) is 0 Å². The van der Waals surface area contributed by atoms with E-state index in [0.717, 1.165) is 31.7 Å². The van der Waals surface area contributed by atoms with Gasteiger partial charge in [0.2, 0.25) is 11.8 Å². The maximum Gasteiger partial charge on any atom is 0.417 e. The molecule has 0 aliphatic heterocycles. The molecule has 2 fully saturated rings. The lowest BCUT2D eigenvalue weighted by Gasteiger charge is -2.26. The predicted molar refractivity (Wildman–Crippen MR) is 126 cm³/mol. The summed E-state index contributed by atoms with van der Waals surface area (Å²) in [5.41, 5.74) is 4.85. The summed E-state index contributed by atoms with van der Waals surface area (Å²) in [5.74, 6) is -2.50. The second-order valence-electron chi connectivity index (χ2n) is 10.1. The van der Waals surface area contributed by atoms with E-state index < -0.39 is 41.3 Å². The smallest absolute Gasteiger partial charge is 0.368 e. The lowest BCUT2D eigenvalue weighted by Crippen LogP contribution is -2.48. The minimum absolute atomic E-state index is 0.00505. The van der Waals surface area contributed by atoms with Crippen LogP contribution < -0.4 is 11.1 Å². The van der Waals surface area contributed by atoms with Crippen LogP contribution in [0.25, 0.3) is 10.9 Å². The molecule has 0 unspecified atom stereocenters. The summed E-state index contributed by atoms with van der Waals surface area (Å²) in [7, 11) is 0. The monoisotopic (exact) mass is 505 g/mol. The van der Waals surface area contributed by atoms with E-state index in [4.69, 9.17) is 5.73 Å². The van der Waals surface area contributed by atoms with Gasteiger partial charge in [-0.2, -0.15) is 13.2 Å². The van der Waals surface area contributed by atoms with E-state index in [1.807, 2.05) is 0 Å². The number of Topliss-reactive ketones (excluding diaryl/α,β-unsaturated/α-hetero) is 2. The maximum absolute atomic E-state index is 13.4. The van der Waals surface area contributed by atoms with Crippen LogP contribution in [-0.2, 0) is 20.6 Å². The number of hydrogen-bond donors (Lipinski definition) is 3. The normalized spacial score (nSPS) is 20.2. The Labute approximate surface area is 206 Å². The average molecular weight is 506 g/mol. The molecule has 2 aromatic rings. The number of benzene rings is 1. The third kappa shape index (κ3) is 6.14. The van der Waals surface area contributed by atoms with Crippen molar-refractivity contribution in [2.75, 3.05) is 0 Å². The van der Waals surface area contributed by atoms with Crippen molar-refractivity contribution in [3.63, 3.8) is 0 Å². The van der Waals surface area contributed by atoms with Crippen LogP contribution in [0.1, 0.15) is 73.8 Å². The highest BCUT2D eigenvalue weighted by Gasteiger charge is 2.36. The number of carbonyl (C=O) groups is 4. The number of hydrogen-bond acceptors (Lipinski definition) is 4. The highest BCUT2D eigenvalue weighted by molar-refractivity contribution is 6.02. The number of aromatic amines is 1. The van der Waals surface area contributed by atoms with Crippen LogP contribution in [-0.4, -0.2) is 34.4 Å². The SMILES string of the molecule is NC(=O)[C@H](C[C@@H]1CCCCC1=O)NC(=O)[C@@H](CC(=O)c1cc2c(C(F)(F)F)cccc2[nH]1)CC1CC1. The number of primary amides is 1. The summed E-state index contributed by atoms with van der Waals surface area (Å²) >= 11 is 0. The topological polar surface area (TPSA) is 122 Å². The molecular weight excluding hydrogens is 475 g/mol. The van der Waals surface area contributed by atoms with Gasteiger partial charge in [-0.05, 0) is 49.8 Å². The van der Waals surface area contributed by atoms with Crippen LogP contribution >= 0.6 is 0 Å². The van der Waals surface area contributed by atoms with Crippen molar-refractivity contribution >= 4 is 34.3 Å². The molecule has 0 radical (unpaired) electrons. The number of halogens is 3. The van der Waals surface area contributed by atoms with Crippen molar-refractivity contribution < 1.29 is 32.3 Å². The highest BCUT2D eigenvalue weighted by atomic mass is 19.4. The Morgan fingerprint density at radius 3 is 2.50 bits per heavy atom. The van der Waals surface area contributed by atoms with E-state index >= 15 is 0 Å². The van der Waals surface area contributed by atoms with Gasteiger partial charge in [-0.25, -0.2) is 0 Å². The first kappa shape index (κ1) is 25.9. The summed E-state index contributed by atoms with van der Waals surface area (Å²) in [4.78, 5) is 53.2. The molecule has 0 bridgehead atoms. The molecule has 3 atom stereocenters. The summed E-state index contributed by atoms with van der Waals surface area (Å²) < 4.78 is 40.1. The van der Waals surface area contributed by atoms with Crippen LogP contribution in [0.15, 0.2) is 24.3 Å². The van der Waals surface area contributed by atoms with E-state index in [2.05, 4.69) is 10.3 Å². The maximum atomic E-state index is 13.4. The van der Waals surface area contributed by atoms with Crippen LogP contribution in [0.4, 0.5) is 13.2 Å². The van der Waals surface area contributed by atoms with Gasteiger partial charge >= 0.3 is 6.18 Å². The molecule has 0 saturated heterocycles. The van der Waals surface area contributed by atoms with E-state index in [-0.39, 0.29) is 47.1 Å². The van der Waals surface area contributed by atoms with Gasteiger partial charge in [0.05, 0.1) is 11.3 Å². The average Bonchev–Trinajstić information content (AvgIpc) is 3.52. The van der Waals surface area contributed by atoms with Crippen molar-refractivity contribution in [3.05, 3.63) is 35.5 Å². The third-order valence-electron chi connectivity index (χ3n) is 7.25. The molecule has 2 aliphatic rings. The Morgan fingerprint density at radius 2 is 1.86 bits per heavy atom. The molecule has 1 heterocycles. The van der Waals surface area contributed by atoms with Gasteiger partial charge in [0.1, 0.15) is 11.8 Å². The Kier molecular flexibility index (Phi) is 7.51. The van der Waals surface area contributed by atoms with Gasteiger partial charge in [-0.3, -0.25) is 19.2 Å². The van der Waals surface area contributed by atoms with Crippen LogP contribution in [0.3, 0.4) is 0 Å². The lowest BCUT2D eigenvalue weighted by molar-refractivity contribution is -0.136. The number of fused-ring (bicyclic) bond motifs is 1. The zero-order valence-corrected chi connectivity index (χ0v) is 19.8. The number of alkyl halides is 3. The Bertz CT molecular complexity index is 1170. The minimum atomic E-state index is -4.57. The number of rotatable bonds is 10. The molecule has 7 nitrogen and oxygen atoms in total. The number of H-pyrrole nitrogens is 1. The van der Waals surface area contributed by atoms with E-state index in [0.29, 0.717) is 19.3 Å². The zero-order chi connectivity index (χ0) is 26.0. The fourth-order valence-corrected chi connectivity index (χ4v) is 5.05. The van der Waals surface area contributed by atoms with Crippen LogP contribution in [0.5, 0.6) is 0 Å². The zero-order valence-electron chi connectivity index (χ0n) is 19.8. The van der Waals surface area contributed by atoms with E-state index in [1.54, 1.807) is 0 Å². The molecule has 36 heavy (non-hydrogen) atoms. The quantitative estimate of drug-likeness (QED) is 0.417. The summed E-state index contributed by atoms with van der Waals surface area (Å²) in [6, 6.07) is 3.83. The van der Waals surface area contributed by atoms with E-state index in [9.17, 15) is 32.3 Å². The number of carbonyl (C=O) groups excluding carboxylic acids is 4.